The van der Waals surface area contributed by atoms with Crippen LogP contribution < -0.4 is 0 Å². The van der Waals surface area contributed by atoms with Crippen LogP contribution in [-0.4, -0.2) is 117 Å². The molecule has 0 amide bonds. The van der Waals surface area contributed by atoms with Crippen LogP contribution in [0.5, 0.6) is 0 Å². The number of rotatable bonds is 16. The summed E-state index contributed by atoms with van der Waals surface area (Å²) < 4.78 is 15.1. The highest BCUT2D eigenvalue weighted by molar-refractivity contribution is 9.10. The molecule has 0 aliphatic heterocycles. The Kier molecular flexibility index (Phi) is 14.9. The average molecular weight is 510 g/mol. The van der Waals surface area contributed by atoms with E-state index in [9.17, 15) is 14.4 Å². The van der Waals surface area contributed by atoms with Crippen LogP contribution in [0.1, 0.15) is 33.6 Å². The largest absolute Gasteiger partial charge is 0.464 e. The Morgan fingerprint density at radius 2 is 1.26 bits per heavy atom. The van der Waals surface area contributed by atoms with Crippen LogP contribution in [0.2, 0.25) is 0 Å². The van der Waals surface area contributed by atoms with E-state index in [0.717, 1.165) is 0 Å². The first kappa shape index (κ1) is 29.8. The maximum atomic E-state index is 12.1. The Balaban J connectivity index is 4.67. The van der Waals surface area contributed by atoms with Gasteiger partial charge in [0.25, 0.3) is 0 Å². The lowest BCUT2D eigenvalue weighted by Gasteiger charge is -2.26. The van der Waals surface area contributed by atoms with Crippen LogP contribution in [0.4, 0.5) is 0 Å². The number of halogens is 1. The molecule has 31 heavy (non-hydrogen) atoms. The Morgan fingerprint density at radius 1 is 0.839 bits per heavy atom. The van der Waals surface area contributed by atoms with E-state index in [4.69, 9.17) is 14.2 Å². The summed E-state index contributed by atoms with van der Waals surface area (Å²) in [6, 6.07) is 0. The molecule has 9 nitrogen and oxygen atoms in total. The van der Waals surface area contributed by atoms with Crippen molar-refractivity contribution in [3.8, 4) is 0 Å². The molecule has 0 aromatic heterocycles. The minimum absolute atomic E-state index is 0.188. The highest BCUT2D eigenvalue weighted by Crippen LogP contribution is 2.18. The summed E-state index contributed by atoms with van der Waals surface area (Å²) in [5.74, 6) is -0.968. The summed E-state index contributed by atoms with van der Waals surface area (Å²) in [7, 11) is 7.63. The number of nitrogens with zero attached hydrogens (tertiary/aromatic N) is 3. The Labute approximate surface area is 195 Å². The third-order valence-corrected chi connectivity index (χ3v) is 4.50. The van der Waals surface area contributed by atoms with Crippen LogP contribution in [0.25, 0.3) is 0 Å². The zero-order chi connectivity index (χ0) is 24.0. The molecule has 0 aliphatic carbocycles. The van der Waals surface area contributed by atoms with Crippen molar-refractivity contribution in [2.24, 2.45) is 0 Å². The zero-order valence-electron chi connectivity index (χ0n) is 20.1. The second-order valence-electron chi connectivity index (χ2n) is 8.54. The molecule has 1 atom stereocenters. The van der Waals surface area contributed by atoms with Gasteiger partial charge in [-0.25, -0.2) is 0 Å². The number of ether oxygens (including phenoxy) is 3. The number of esters is 3. The minimum Gasteiger partial charge on any atom is -0.464 e. The van der Waals surface area contributed by atoms with Gasteiger partial charge in [-0.15, -0.1) is 0 Å². The smallest absolute Gasteiger partial charge is 0.322 e. The molecule has 0 aromatic rings. The zero-order valence-corrected chi connectivity index (χ0v) is 21.7. The molecule has 0 saturated carbocycles. The van der Waals surface area contributed by atoms with E-state index in [1.807, 2.05) is 42.9 Å². The first-order valence-corrected chi connectivity index (χ1v) is 11.3. The van der Waals surface area contributed by atoms with Crippen molar-refractivity contribution < 1.29 is 28.6 Å². The molecular formula is C21H40BrN3O6. The van der Waals surface area contributed by atoms with Crippen molar-refractivity contribution in [1.82, 2.24) is 14.7 Å². The minimum atomic E-state index is -0.779. The van der Waals surface area contributed by atoms with Crippen LogP contribution in [0.3, 0.4) is 0 Å². The maximum Gasteiger partial charge on any atom is 0.322 e. The second kappa shape index (κ2) is 15.6. The van der Waals surface area contributed by atoms with Gasteiger partial charge in [-0.2, -0.15) is 0 Å². The molecule has 0 fully saturated rings. The summed E-state index contributed by atoms with van der Waals surface area (Å²) in [5.41, 5.74) is 0. The summed E-state index contributed by atoms with van der Waals surface area (Å²) in [6.07, 6.45) is -0.0274. The number of hydrogen-bond acceptors (Lipinski definition) is 9. The number of likely N-dealkylation sites (N-methyl/N-ethyl adjacent to an activating group) is 2. The lowest BCUT2D eigenvalue weighted by atomic mass is 10.2. The van der Waals surface area contributed by atoms with E-state index in [-0.39, 0.29) is 30.7 Å². The molecule has 0 N–H and O–H groups in total. The van der Waals surface area contributed by atoms with Gasteiger partial charge in [-0.3, -0.25) is 19.3 Å². The van der Waals surface area contributed by atoms with Crippen molar-refractivity contribution in [2.75, 3.05) is 74.1 Å². The Bertz CT molecular complexity index is 522. The number of hydrogen-bond donors (Lipinski definition) is 0. The van der Waals surface area contributed by atoms with E-state index in [0.29, 0.717) is 45.9 Å². The summed E-state index contributed by atoms with van der Waals surface area (Å²) in [6.45, 7) is 8.38. The van der Waals surface area contributed by atoms with Crippen LogP contribution >= 0.6 is 15.9 Å². The molecule has 0 saturated heterocycles. The van der Waals surface area contributed by atoms with E-state index in [2.05, 4.69) is 15.9 Å². The van der Waals surface area contributed by atoms with Gasteiger partial charge >= 0.3 is 17.9 Å². The van der Waals surface area contributed by atoms with Gasteiger partial charge < -0.3 is 24.0 Å². The molecule has 0 radical (unpaired) electrons. The summed E-state index contributed by atoms with van der Waals surface area (Å²) in [4.78, 5) is 41.9. The van der Waals surface area contributed by atoms with Gasteiger partial charge in [0.15, 0.2) is 0 Å². The van der Waals surface area contributed by atoms with Gasteiger partial charge in [-0.1, -0.05) is 15.9 Å². The van der Waals surface area contributed by atoms with E-state index >= 15 is 0 Å². The molecule has 0 spiro atoms. The quantitative estimate of drug-likeness (QED) is 0.174. The Hall–Kier alpha value is -1.23. The van der Waals surface area contributed by atoms with E-state index in [1.54, 1.807) is 20.8 Å². The molecule has 0 heterocycles. The third kappa shape index (κ3) is 17.1. The monoisotopic (exact) mass is 509 g/mol. The van der Waals surface area contributed by atoms with Crippen LogP contribution in [0.15, 0.2) is 0 Å². The maximum absolute atomic E-state index is 12.1. The van der Waals surface area contributed by atoms with Crippen molar-refractivity contribution in [2.45, 2.75) is 44.0 Å². The standard InChI is InChI=1S/C21H40BrN3O6/c1-17(31-20(28)21(2,3)22)16-25(10-8-18(26)29-14-12-23(4)5)11-9-19(27)30-15-13-24(6)7/h17H,8-16H2,1-7H3. The first-order chi connectivity index (χ1) is 14.3. The van der Waals surface area contributed by atoms with Gasteiger partial charge in [0.05, 0.1) is 12.8 Å². The van der Waals surface area contributed by atoms with Crippen molar-refractivity contribution in [3.63, 3.8) is 0 Å². The van der Waals surface area contributed by atoms with E-state index < -0.39 is 10.4 Å². The van der Waals surface area contributed by atoms with Crippen LogP contribution in [0, 0.1) is 0 Å². The van der Waals surface area contributed by atoms with Gasteiger partial charge in [-0.05, 0) is 49.0 Å². The second-order valence-corrected chi connectivity index (χ2v) is 10.5. The normalized spacial score (nSPS) is 12.9. The topological polar surface area (TPSA) is 88.6 Å². The Morgan fingerprint density at radius 3 is 1.61 bits per heavy atom. The fourth-order valence-corrected chi connectivity index (χ4v) is 2.44. The molecule has 0 bridgehead atoms. The average Bonchev–Trinajstić information content (AvgIpc) is 2.62. The number of alkyl halides is 1. The highest BCUT2D eigenvalue weighted by Gasteiger charge is 2.27. The van der Waals surface area contributed by atoms with Crippen molar-refractivity contribution >= 4 is 33.8 Å². The lowest BCUT2D eigenvalue weighted by Crippen LogP contribution is -2.39. The first-order valence-electron chi connectivity index (χ1n) is 10.5. The van der Waals surface area contributed by atoms with Gasteiger partial charge in [0.1, 0.15) is 23.6 Å². The van der Waals surface area contributed by atoms with E-state index in [1.165, 1.54) is 0 Å². The van der Waals surface area contributed by atoms with Crippen molar-refractivity contribution in [1.29, 1.82) is 0 Å². The predicted octanol–water partition coefficient (Wildman–Crippen LogP) is 1.38. The molecule has 0 aromatic carbocycles. The summed E-state index contributed by atoms with van der Waals surface area (Å²) in [5, 5.41) is 0. The number of carbonyl (C=O) groups is 3. The van der Waals surface area contributed by atoms with Crippen molar-refractivity contribution in [3.05, 3.63) is 0 Å². The van der Waals surface area contributed by atoms with Gasteiger partial charge in [0.2, 0.25) is 0 Å². The molecular weight excluding hydrogens is 470 g/mol. The highest BCUT2D eigenvalue weighted by atomic mass is 79.9. The predicted molar refractivity (Wildman–Crippen MR) is 123 cm³/mol. The molecule has 1 unspecified atom stereocenters. The fourth-order valence-electron chi connectivity index (χ4n) is 2.35. The molecule has 0 rings (SSSR count). The van der Waals surface area contributed by atoms with Crippen LogP contribution in [-0.2, 0) is 28.6 Å². The molecule has 0 aliphatic rings. The fraction of sp³-hybridized carbons (Fsp3) is 0.857. The summed E-state index contributed by atoms with van der Waals surface area (Å²) >= 11 is 3.29. The van der Waals surface area contributed by atoms with Gasteiger partial charge in [0, 0.05) is 32.7 Å². The molecule has 182 valence electrons. The third-order valence-electron chi connectivity index (χ3n) is 4.18. The molecule has 10 heteroatoms. The SMILES string of the molecule is CC(CN(CCC(=O)OCCN(C)C)CCC(=O)OCCN(C)C)OC(=O)C(C)(C)Br. The number of carbonyl (C=O) groups excluding carboxylic acids is 3. The lowest BCUT2D eigenvalue weighted by molar-refractivity contribution is -0.152.